The van der Waals surface area contributed by atoms with Gasteiger partial charge in [-0.2, -0.15) is 4.31 Å². The molecule has 0 unspecified atom stereocenters. The zero-order chi connectivity index (χ0) is 15.5. The van der Waals surface area contributed by atoms with Gasteiger partial charge in [0.05, 0.1) is 0 Å². The van der Waals surface area contributed by atoms with Crippen molar-refractivity contribution in [3.63, 3.8) is 0 Å². The summed E-state index contributed by atoms with van der Waals surface area (Å²) in [5, 5.41) is 2.30. The van der Waals surface area contributed by atoms with Gasteiger partial charge in [0.25, 0.3) is 10.0 Å². The maximum Gasteiger partial charge on any atom is 0.263 e. The number of hydrogen-bond acceptors (Lipinski definition) is 4. The minimum atomic E-state index is -3.92. The van der Waals surface area contributed by atoms with E-state index in [4.69, 9.17) is 0 Å². The summed E-state index contributed by atoms with van der Waals surface area (Å²) in [7, 11) is -3.92. The lowest BCUT2D eigenvalue weighted by Gasteiger charge is -2.31. The van der Waals surface area contributed by atoms with E-state index in [0.29, 0.717) is 19.3 Å². The molecule has 8 heteroatoms. The average molecular weight is 315 g/mol. The highest BCUT2D eigenvalue weighted by molar-refractivity contribution is 7.89. The summed E-state index contributed by atoms with van der Waals surface area (Å²) < 4.78 is 39.5. The fourth-order valence-corrected chi connectivity index (χ4v) is 3.70. The normalized spacial score (nSPS) is 17.6. The molecule has 2 heterocycles. The van der Waals surface area contributed by atoms with E-state index >= 15 is 0 Å². The predicted octanol–water partition coefficient (Wildman–Crippen LogP) is 0.900. The lowest BCUT2D eigenvalue weighted by atomic mass is 10.1. The molecule has 6 nitrogen and oxygen atoms in total. The van der Waals surface area contributed by atoms with Crippen LogP contribution < -0.4 is 5.32 Å². The second kappa shape index (κ2) is 6.48. The van der Waals surface area contributed by atoms with Gasteiger partial charge in [0, 0.05) is 31.7 Å². The van der Waals surface area contributed by atoms with Crippen molar-refractivity contribution in [1.29, 1.82) is 0 Å². The Morgan fingerprint density at radius 1 is 1.48 bits per heavy atom. The van der Waals surface area contributed by atoms with Crippen molar-refractivity contribution >= 4 is 15.9 Å². The van der Waals surface area contributed by atoms with E-state index in [1.807, 2.05) is 0 Å². The Hall–Kier alpha value is -1.54. The molecule has 1 aromatic rings. The van der Waals surface area contributed by atoms with E-state index in [2.05, 4.69) is 10.3 Å². The van der Waals surface area contributed by atoms with Gasteiger partial charge in [-0.25, -0.2) is 17.8 Å². The van der Waals surface area contributed by atoms with E-state index in [0.717, 1.165) is 6.07 Å². The third kappa shape index (κ3) is 3.56. The molecule has 1 aliphatic heterocycles. The number of nitrogens with one attached hydrogen (secondary N) is 1. The van der Waals surface area contributed by atoms with Gasteiger partial charge in [0.15, 0.2) is 5.82 Å². The van der Waals surface area contributed by atoms with Crippen LogP contribution in [0.4, 0.5) is 4.39 Å². The highest BCUT2D eigenvalue weighted by Crippen LogP contribution is 2.21. The number of amides is 1. The van der Waals surface area contributed by atoms with Crippen molar-refractivity contribution in [3.8, 4) is 0 Å². The molecular weight excluding hydrogens is 297 g/mol. The molecule has 0 atom stereocenters. The molecule has 1 aromatic heterocycles. The van der Waals surface area contributed by atoms with Crippen molar-refractivity contribution < 1.29 is 17.6 Å². The summed E-state index contributed by atoms with van der Waals surface area (Å²) in [4.78, 5) is 15.0. The first-order valence-electron chi connectivity index (χ1n) is 6.85. The maximum atomic E-state index is 13.6. The van der Waals surface area contributed by atoms with E-state index in [1.54, 1.807) is 6.92 Å². The van der Waals surface area contributed by atoms with Gasteiger partial charge in [-0.15, -0.1) is 0 Å². The fourth-order valence-electron chi connectivity index (χ4n) is 2.25. The lowest BCUT2D eigenvalue weighted by Crippen LogP contribution is -2.46. The monoisotopic (exact) mass is 315 g/mol. The first-order chi connectivity index (χ1) is 9.95. The summed E-state index contributed by atoms with van der Waals surface area (Å²) in [5.74, 6) is -0.897. The molecule has 1 fully saturated rings. The highest BCUT2D eigenvalue weighted by atomic mass is 32.2. The fraction of sp³-hybridized carbons (Fsp3) is 0.538. The van der Waals surface area contributed by atoms with E-state index in [-0.39, 0.29) is 25.0 Å². The van der Waals surface area contributed by atoms with Crippen LogP contribution >= 0.6 is 0 Å². The van der Waals surface area contributed by atoms with Crippen LogP contribution in [0.25, 0.3) is 0 Å². The lowest BCUT2D eigenvalue weighted by molar-refractivity contribution is -0.121. The largest absolute Gasteiger partial charge is 0.353 e. The number of piperidine rings is 1. The molecule has 0 radical (unpaired) electrons. The molecule has 0 spiro atoms. The SMILES string of the molecule is CCC(=O)NC1CCN(S(=O)(=O)c2ncccc2F)CC1. The van der Waals surface area contributed by atoms with Crippen molar-refractivity contribution in [2.45, 2.75) is 37.3 Å². The minimum Gasteiger partial charge on any atom is -0.353 e. The summed E-state index contributed by atoms with van der Waals surface area (Å²) in [5.41, 5.74) is 0. The number of nitrogens with zero attached hydrogens (tertiary/aromatic N) is 2. The number of sulfonamides is 1. The standard InChI is InChI=1S/C13H18FN3O3S/c1-2-12(18)16-10-5-8-17(9-6-10)21(19,20)13-11(14)4-3-7-15-13/h3-4,7,10H,2,5-6,8-9H2,1H3,(H,16,18). The van der Waals surface area contributed by atoms with Gasteiger partial charge in [0.2, 0.25) is 10.9 Å². The Morgan fingerprint density at radius 2 is 2.14 bits per heavy atom. The van der Waals surface area contributed by atoms with Crippen LogP contribution in [0.5, 0.6) is 0 Å². The zero-order valence-corrected chi connectivity index (χ0v) is 12.6. The Labute approximate surface area is 123 Å². The van der Waals surface area contributed by atoms with Crippen LogP contribution in [0.3, 0.4) is 0 Å². The van der Waals surface area contributed by atoms with Gasteiger partial charge < -0.3 is 5.32 Å². The molecule has 1 saturated heterocycles. The summed E-state index contributed by atoms with van der Waals surface area (Å²) in [6, 6.07) is 2.40. The van der Waals surface area contributed by atoms with Crippen LogP contribution in [0, 0.1) is 5.82 Å². The van der Waals surface area contributed by atoms with Crippen molar-refractivity contribution in [2.24, 2.45) is 0 Å². The molecule has 0 aliphatic carbocycles. The summed E-state index contributed by atoms with van der Waals surface area (Å²) in [6.07, 6.45) is 2.68. The Balaban J connectivity index is 2.05. The molecule has 0 aromatic carbocycles. The number of carbonyl (C=O) groups excluding carboxylic acids is 1. The van der Waals surface area contributed by atoms with Gasteiger partial charge >= 0.3 is 0 Å². The van der Waals surface area contributed by atoms with E-state index in [9.17, 15) is 17.6 Å². The first kappa shape index (κ1) is 15.8. The number of halogens is 1. The number of hydrogen-bond donors (Lipinski definition) is 1. The molecule has 21 heavy (non-hydrogen) atoms. The van der Waals surface area contributed by atoms with E-state index < -0.39 is 20.9 Å². The number of pyridine rings is 1. The Bertz CT molecular complexity index is 613. The van der Waals surface area contributed by atoms with Crippen LogP contribution in [0.15, 0.2) is 23.4 Å². The number of carbonyl (C=O) groups is 1. The Kier molecular flexibility index (Phi) is 4.89. The van der Waals surface area contributed by atoms with E-state index in [1.165, 1.54) is 16.6 Å². The smallest absolute Gasteiger partial charge is 0.263 e. The molecular formula is C13H18FN3O3S. The van der Waals surface area contributed by atoms with Gasteiger partial charge in [-0.1, -0.05) is 6.92 Å². The quantitative estimate of drug-likeness (QED) is 0.895. The minimum absolute atomic E-state index is 0.0301. The van der Waals surface area contributed by atoms with Crippen molar-refractivity contribution in [2.75, 3.05) is 13.1 Å². The van der Waals surface area contributed by atoms with Crippen molar-refractivity contribution in [3.05, 3.63) is 24.1 Å². The highest BCUT2D eigenvalue weighted by Gasteiger charge is 2.32. The third-order valence-electron chi connectivity index (χ3n) is 3.45. The Morgan fingerprint density at radius 3 is 2.71 bits per heavy atom. The molecule has 116 valence electrons. The molecule has 1 aliphatic rings. The molecule has 1 amide bonds. The van der Waals surface area contributed by atoms with Crippen molar-refractivity contribution in [1.82, 2.24) is 14.6 Å². The number of rotatable bonds is 4. The molecule has 0 bridgehead atoms. The maximum absolute atomic E-state index is 13.6. The number of aromatic nitrogens is 1. The van der Waals surface area contributed by atoms with Crippen LogP contribution in [0.2, 0.25) is 0 Å². The van der Waals surface area contributed by atoms with Crippen LogP contribution in [0.1, 0.15) is 26.2 Å². The van der Waals surface area contributed by atoms with Gasteiger partial charge in [0.1, 0.15) is 0 Å². The molecule has 2 rings (SSSR count). The predicted molar refractivity (Wildman–Crippen MR) is 74.4 cm³/mol. The summed E-state index contributed by atoms with van der Waals surface area (Å²) in [6.45, 7) is 2.25. The second-order valence-electron chi connectivity index (χ2n) is 4.89. The van der Waals surface area contributed by atoms with Gasteiger partial charge in [-0.05, 0) is 25.0 Å². The third-order valence-corrected chi connectivity index (χ3v) is 5.28. The first-order valence-corrected chi connectivity index (χ1v) is 8.29. The van der Waals surface area contributed by atoms with Gasteiger partial charge in [-0.3, -0.25) is 4.79 Å². The van der Waals surface area contributed by atoms with Crippen LogP contribution in [-0.2, 0) is 14.8 Å². The molecule has 1 N–H and O–H groups in total. The molecule has 0 saturated carbocycles. The summed E-state index contributed by atoms with van der Waals surface area (Å²) >= 11 is 0. The average Bonchev–Trinajstić information content (AvgIpc) is 2.48. The topological polar surface area (TPSA) is 79.4 Å². The van der Waals surface area contributed by atoms with Crippen LogP contribution in [-0.4, -0.2) is 42.7 Å². The second-order valence-corrected chi connectivity index (χ2v) is 6.74. The zero-order valence-electron chi connectivity index (χ0n) is 11.8.